The number of allylic oxidation sites excluding steroid dienone is 20. The molecule has 0 amide bonds. The Balaban J connectivity index is 4.25. The largest absolute Gasteiger partial charge is 0.462 e. The van der Waals surface area contributed by atoms with Crippen LogP contribution in [0.5, 0.6) is 0 Å². The fourth-order valence-corrected chi connectivity index (χ4v) is 9.55. The molecule has 0 rings (SSSR count). The summed E-state index contributed by atoms with van der Waals surface area (Å²) < 4.78 is 16.9. The molecule has 0 spiro atoms. The normalized spacial score (nSPS) is 12.9. The average Bonchev–Trinajstić information content (AvgIpc) is 3.47. The highest BCUT2D eigenvalue weighted by atomic mass is 16.6. The van der Waals surface area contributed by atoms with Crippen LogP contribution < -0.4 is 0 Å². The van der Waals surface area contributed by atoms with Crippen LogP contribution in [-0.2, 0) is 28.6 Å². The monoisotopic (exact) mass is 1140 g/mol. The van der Waals surface area contributed by atoms with Crippen LogP contribution in [0.2, 0.25) is 0 Å². The lowest BCUT2D eigenvalue weighted by molar-refractivity contribution is -0.167. The highest BCUT2D eigenvalue weighted by Crippen LogP contribution is 2.16. The van der Waals surface area contributed by atoms with Gasteiger partial charge in [-0.1, -0.05) is 309 Å². The van der Waals surface area contributed by atoms with Crippen molar-refractivity contribution in [3.8, 4) is 0 Å². The maximum Gasteiger partial charge on any atom is 0.306 e. The van der Waals surface area contributed by atoms with Crippen LogP contribution in [0.25, 0.3) is 0 Å². The van der Waals surface area contributed by atoms with Gasteiger partial charge in [0.15, 0.2) is 6.10 Å². The van der Waals surface area contributed by atoms with E-state index in [4.69, 9.17) is 14.2 Å². The Bertz CT molecular complexity index is 1690. The first-order chi connectivity index (χ1) is 40.5. The minimum atomic E-state index is -0.786. The number of rotatable bonds is 62. The maximum atomic E-state index is 12.9. The molecule has 82 heavy (non-hydrogen) atoms. The number of esters is 3. The highest BCUT2D eigenvalue weighted by molar-refractivity contribution is 5.71. The summed E-state index contributed by atoms with van der Waals surface area (Å²) in [4.78, 5) is 38.3. The minimum Gasteiger partial charge on any atom is -0.462 e. The van der Waals surface area contributed by atoms with Crippen LogP contribution in [0.1, 0.15) is 323 Å². The summed E-state index contributed by atoms with van der Waals surface area (Å²) in [5, 5.41) is 0. The summed E-state index contributed by atoms with van der Waals surface area (Å²) in [7, 11) is 0. The SMILES string of the molecule is CC/C=C\C/C=C\C/C=C\C/C=C\C/C=C\C/C=C\C/C=C\C/C=C\C/C=C\CCCCCCCCCC(=O)OCC(COC(=O)CCCCCCCCCCCCC)OC(=O)CCCCCCCCC/C=C\CCCCCCCCC. The molecule has 0 aromatic heterocycles. The van der Waals surface area contributed by atoms with Gasteiger partial charge in [-0.25, -0.2) is 0 Å². The Kier molecular flexibility index (Phi) is 65.8. The van der Waals surface area contributed by atoms with E-state index in [1.165, 1.54) is 161 Å². The summed E-state index contributed by atoms with van der Waals surface area (Å²) in [6.45, 7) is 6.53. The third kappa shape index (κ3) is 66.6. The fourth-order valence-electron chi connectivity index (χ4n) is 9.55. The van der Waals surface area contributed by atoms with Gasteiger partial charge >= 0.3 is 17.9 Å². The van der Waals surface area contributed by atoms with E-state index >= 15 is 0 Å². The molecule has 1 atom stereocenters. The number of hydrogen-bond donors (Lipinski definition) is 0. The highest BCUT2D eigenvalue weighted by Gasteiger charge is 2.19. The van der Waals surface area contributed by atoms with Crippen molar-refractivity contribution in [3.63, 3.8) is 0 Å². The standard InChI is InChI=1S/C76H128O6/c1-4-7-10-13-16-19-22-24-26-28-30-31-32-33-34-35-36-37-38-39-40-41-42-43-44-45-46-48-49-51-54-57-60-63-66-69-75(78)81-72-73(71-80-74(77)68-65-62-59-56-53-21-18-15-12-9-6-3)82-76(79)70-67-64-61-58-55-52-50-47-29-27-25-23-20-17-14-11-8-5-2/h7,10,16,19,24,26-27,29-31,33-34,36-37,39-40,42-43,45-46,73H,4-6,8-9,11-15,17-18,20-23,25,28,32,35,38,41,44,47-72H2,1-3H3/b10-7-,19-16-,26-24-,29-27-,31-30-,34-33-,37-36-,40-39-,43-42-,46-45-. The van der Waals surface area contributed by atoms with Crippen molar-refractivity contribution in [1.82, 2.24) is 0 Å². The van der Waals surface area contributed by atoms with E-state index in [1.54, 1.807) is 0 Å². The van der Waals surface area contributed by atoms with Crippen LogP contribution >= 0.6 is 0 Å². The predicted molar refractivity (Wildman–Crippen MR) is 357 cm³/mol. The first kappa shape index (κ1) is 77.8. The molecule has 0 aliphatic heterocycles. The molecule has 0 aromatic carbocycles. The minimum absolute atomic E-state index is 0.0812. The molecule has 468 valence electrons. The van der Waals surface area contributed by atoms with Gasteiger partial charge in [0, 0.05) is 19.3 Å². The molecule has 0 saturated heterocycles. The average molecular weight is 1140 g/mol. The van der Waals surface area contributed by atoms with E-state index < -0.39 is 6.10 Å². The molecule has 0 fully saturated rings. The molecular weight excluding hydrogens is 1010 g/mol. The van der Waals surface area contributed by atoms with Gasteiger partial charge in [-0.15, -0.1) is 0 Å². The zero-order chi connectivity index (χ0) is 59.2. The summed E-state index contributed by atoms with van der Waals surface area (Å²) in [6.07, 6.45) is 96.5. The number of ether oxygens (including phenoxy) is 3. The molecule has 0 aromatic rings. The van der Waals surface area contributed by atoms with Crippen molar-refractivity contribution >= 4 is 17.9 Å². The second-order valence-corrected chi connectivity index (χ2v) is 22.7. The lowest BCUT2D eigenvalue weighted by Gasteiger charge is -2.18. The van der Waals surface area contributed by atoms with Gasteiger partial charge in [-0.2, -0.15) is 0 Å². The van der Waals surface area contributed by atoms with Crippen molar-refractivity contribution in [3.05, 3.63) is 122 Å². The van der Waals surface area contributed by atoms with Crippen LogP contribution in [0.3, 0.4) is 0 Å². The van der Waals surface area contributed by atoms with Crippen molar-refractivity contribution < 1.29 is 28.6 Å². The molecule has 0 N–H and O–H groups in total. The molecule has 0 radical (unpaired) electrons. The van der Waals surface area contributed by atoms with Gasteiger partial charge in [0.05, 0.1) is 0 Å². The first-order valence-corrected chi connectivity index (χ1v) is 34.5. The maximum absolute atomic E-state index is 12.9. The van der Waals surface area contributed by atoms with Crippen molar-refractivity contribution in [1.29, 1.82) is 0 Å². The van der Waals surface area contributed by atoms with Crippen molar-refractivity contribution in [2.45, 2.75) is 329 Å². The van der Waals surface area contributed by atoms with Crippen LogP contribution in [0.4, 0.5) is 0 Å². The number of unbranched alkanes of at least 4 members (excludes halogenated alkanes) is 31. The van der Waals surface area contributed by atoms with Crippen molar-refractivity contribution in [2.75, 3.05) is 13.2 Å². The van der Waals surface area contributed by atoms with Gasteiger partial charge < -0.3 is 14.2 Å². The van der Waals surface area contributed by atoms with Gasteiger partial charge in [0.2, 0.25) is 0 Å². The van der Waals surface area contributed by atoms with Crippen molar-refractivity contribution in [2.24, 2.45) is 0 Å². The Morgan fingerprint density at radius 1 is 0.256 bits per heavy atom. The molecule has 0 aliphatic carbocycles. The zero-order valence-electron chi connectivity index (χ0n) is 53.7. The quantitative estimate of drug-likeness (QED) is 0.0261. The molecule has 1 unspecified atom stereocenters. The fraction of sp³-hybridized carbons (Fsp3) is 0.697. The Morgan fingerprint density at radius 3 is 0.756 bits per heavy atom. The molecular formula is C76H128O6. The summed E-state index contributed by atoms with van der Waals surface area (Å²) >= 11 is 0. The van der Waals surface area contributed by atoms with Gasteiger partial charge in [-0.3, -0.25) is 14.4 Å². The lowest BCUT2D eigenvalue weighted by Crippen LogP contribution is -2.30. The Labute approximate surface area is 507 Å². The van der Waals surface area contributed by atoms with Gasteiger partial charge in [-0.05, 0) is 116 Å². The second kappa shape index (κ2) is 69.3. The van der Waals surface area contributed by atoms with Crippen LogP contribution in [-0.4, -0.2) is 37.2 Å². The zero-order valence-corrected chi connectivity index (χ0v) is 53.7. The number of carbonyl (C=O) groups is 3. The second-order valence-electron chi connectivity index (χ2n) is 22.7. The van der Waals surface area contributed by atoms with E-state index in [2.05, 4.69) is 142 Å². The Morgan fingerprint density at radius 2 is 0.476 bits per heavy atom. The number of carbonyl (C=O) groups excluding carboxylic acids is 3. The van der Waals surface area contributed by atoms with Crippen LogP contribution in [0.15, 0.2) is 122 Å². The summed E-state index contributed by atoms with van der Waals surface area (Å²) in [5.74, 6) is -0.889. The predicted octanol–water partition coefficient (Wildman–Crippen LogP) is 23.9. The topological polar surface area (TPSA) is 78.9 Å². The molecule has 0 heterocycles. The molecule has 6 heteroatoms. The summed E-state index contributed by atoms with van der Waals surface area (Å²) in [6, 6.07) is 0. The molecule has 6 nitrogen and oxygen atoms in total. The van der Waals surface area contributed by atoms with E-state index in [0.29, 0.717) is 19.3 Å². The van der Waals surface area contributed by atoms with E-state index in [-0.39, 0.29) is 31.1 Å². The first-order valence-electron chi connectivity index (χ1n) is 34.5. The lowest BCUT2D eigenvalue weighted by atomic mass is 10.1. The van der Waals surface area contributed by atoms with E-state index in [0.717, 1.165) is 122 Å². The van der Waals surface area contributed by atoms with Gasteiger partial charge in [0.1, 0.15) is 13.2 Å². The van der Waals surface area contributed by atoms with Gasteiger partial charge in [0.25, 0.3) is 0 Å². The Hall–Kier alpha value is -4.19. The third-order valence-corrected chi connectivity index (χ3v) is 14.7. The molecule has 0 bridgehead atoms. The third-order valence-electron chi connectivity index (χ3n) is 14.7. The molecule has 0 aliphatic rings. The van der Waals surface area contributed by atoms with E-state index in [9.17, 15) is 14.4 Å². The summed E-state index contributed by atoms with van der Waals surface area (Å²) in [5.41, 5.74) is 0. The smallest absolute Gasteiger partial charge is 0.306 e. The molecule has 0 saturated carbocycles. The van der Waals surface area contributed by atoms with E-state index in [1.807, 2.05) is 0 Å². The number of hydrogen-bond acceptors (Lipinski definition) is 6. The van der Waals surface area contributed by atoms with Crippen LogP contribution in [0, 0.1) is 0 Å².